The molecule has 0 aliphatic carbocycles. The van der Waals surface area contributed by atoms with Gasteiger partial charge in [0.25, 0.3) is 0 Å². The Morgan fingerprint density at radius 1 is 1.27 bits per heavy atom. The lowest BCUT2D eigenvalue weighted by Crippen LogP contribution is -2.11. The molecule has 11 heavy (non-hydrogen) atoms. The van der Waals surface area contributed by atoms with Gasteiger partial charge in [0, 0.05) is 33.9 Å². The molecular formula is C8H17O3. The van der Waals surface area contributed by atoms with Crippen LogP contribution in [0.2, 0.25) is 0 Å². The molecule has 0 N–H and O–H groups in total. The van der Waals surface area contributed by atoms with Crippen molar-refractivity contribution >= 4 is 0 Å². The van der Waals surface area contributed by atoms with Gasteiger partial charge in [0.05, 0.1) is 6.61 Å². The van der Waals surface area contributed by atoms with Crippen molar-refractivity contribution in [3.8, 4) is 0 Å². The van der Waals surface area contributed by atoms with Gasteiger partial charge in [-0.2, -0.15) is 0 Å². The maximum Gasteiger partial charge on any atom is 0.124 e. The van der Waals surface area contributed by atoms with Crippen LogP contribution in [-0.2, 0) is 14.2 Å². The highest BCUT2D eigenvalue weighted by atomic mass is 16.5. The predicted molar refractivity (Wildman–Crippen MR) is 43.2 cm³/mol. The molecule has 0 saturated carbocycles. The lowest BCUT2D eigenvalue weighted by molar-refractivity contribution is 0.0619. The van der Waals surface area contributed by atoms with Crippen LogP contribution in [0.5, 0.6) is 0 Å². The summed E-state index contributed by atoms with van der Waals surface area (Å²) in [5, 5.41) is 0. The molecule has 0 spiro atoms. The van der Waals surface area contributed by atoms with Crippen LogP contribution in [0.3, 0.4) is 0 Å². The Morgan fingerprint density at radius 3 is 2.45 bits per heavy atom. The fraction of sp³-hybridized carbons (Fsp3) is 0.875. The zero-order valence-electron chi connectivity index (χ0n) is 7.55. The normalized spacial score (nSPS) is 10.9. The van der Waals surface area contributed by atoms with Crippen molar-refractivity contribution < 1.29 is 14.2 Å². The molecule has 67 valence electrons. The molecule has 0 bridgehead atoms. The Kier molecular flexibility index (Phi) is 7.89. The van der Waals surface area contributed by atoms with E-state index in [1.807, 2.05) is 6.92 Å². The minimum atomic E-state index is 0.580. The summed E-state index contributed by atoms with van der Waals surface area (Å²) in [5.74, 6) is 0. The summed E-state index contributed by atoms with van der Waals surface area (Å²) in [6.07, 6.45) is 1.75. The van der Waals surface area contributed by atoms with E-state index in [4.69, 9.17) is 14.2 Å². The van der Waals surface area contributed by atoms with E-state index >= 15 is 0 Å². The van der Waals surface area contributed by atoms with Gasteiger partial charge in [0.1, 0.15) is 6.10 Å². The van der Waals surface area contributed by atoms with Crippen molar-refractivity contribution in [2.75, 3.05) is 34.0 Å². The van der Waals surface area contributed by atoms with Crippen LogP contribution in [0.25, 0.3) is 0 Å². The zero-order valence-corrected chi connectivity index (χ0v) is 7.55. The zero-order chi connectivity index (χ0) is 8.53. The van der Waals surface area contributed by atoms with Crippen molar-refractivity contribution in [2.45, 2.75) is 13.3 Å². The molecule has 0 saturated heterocycles. The van der Waals surface area contributed by atoms with Gasteiger partial charge >= 0.3 is 0 Å². The predicted octanol–water partition coefficient (Wildman–Crippen LogP) is 1.24. The molecule has 1 radical (unpaired) electrons. The lowest BCUT2D eigenvalue weighted by Gasteiger charge is -2.12. The molecule has 0 amide bonds. The molecule has 0 aliphatic heterocycles. The number of hydrogen-bond acceptors (Lipinski definition) is 3. The van der Waals surface area contributed by atoms with Crippen molar-refractivity contribution in [2.24, 2.45) is 0 Å². The topological polar surface area (TPSA) is 27.7 Å². The summed E-state index contributed by atoms with van der Waals surface area (Å²) in [6.45, 7) is 3.95. The summed E-state index contributed by atoms with van der Waals surface area (Å²) in [5.41, 5.74) is 0. The van der Waals surface area contributed by atoms with Crippen molar-refractivity contribution in [3.05, 3.63) is 6.10 Å². The summed E-state index contributed by atoms with van der Waals surface area (Å²) in [7, 11) is 3.33. The first kappa shape index (κ1) is 10.9. The fourth-order valence-electron chi connectivity index (χ4n) is 0.665. The van der Waals surface area contributed by atoms with Gasteiger partial charge in [-0.05, 0) is 6.92 Å². The summed E-state index contributed by atoms with van der Waals surface area (Å²) >= 11 is 0. The van der Waals surface area contributed by atoms with Gasteiger partial charge in [-0.15, -0.1) is 0 Å². The summed E-state index contributed by atoms with van der Waals surface area (Å²) in [4.78, 5) is 0. The van der Waals surface area contributed by atoms with Gasteiger partial charge < -0.3 is 14.2 Å². The Balaban J connectivity index is 3.25. The number of methoxy groups -OCH3 is 2. The summed E-state index contributed by atoms with van der Waals surface area (Å²) < 4.78 is 15.1. The highest BCUT2D eigenvalue weighted by molar-refractivity contribution is 4.76. The largest absolute Gasteiger partial charge is 0.385 e. The van der Waals surface area contributed by atoms with E-state index < -0.39 is 0 Å². The van der Waals surface area contributed by atoms with Crippen molar-refractivity contribution in [1.82, 2.24) is 0 Å². The van der Waals surface area contributed by atoms with Crippen molar-refractivity contribution in [1.29, 1.82) is 0 Å². The van der Waals surface area contributed by atoms with Crippen LogP contribution >= 0.6 is 0 Å². The summed E-state index contributed by atoms with van der Waals surface area (Å²) in [6, 6.07) is 0. The van der Waals surface area contributed by atoms with E-state index in [-0.39, 0.29) is 0 Å². The molecular weight excluding hydrogens is 144 g/mol. The number of hydrogen-bond donors (Lipinski definition) is 0. The van der Waals surface area contributed by atoms with E-state index in [2.05, 4.69) is 0 Å². The van der Waals surface area contributed by atoms with Crippen LogP contribution in [0.1, 0.15) is 13.3 Å². The van der Waals surface area contributed by atoms with Crippen LogP contribution in [0, 0.1) is 6.10 Å². The van der Waals surface area contributed by atoms with Gasteiger partial charge in [-0.1, -0.05) is 0 Å². The van der Waals surface area contributed by atoms with Crippen LogP contribution in [0.15, 0.2) is 0 Å². The number of ether oxygens (including phenoxy) is 3. The van der Waals surface area contributed by atoms with E-state index in [0.717, 1.165) is 19.1 Å². The van der Waals surface area contributed by atoms with Gasteiger partial charge in [-0.3, -0.25) is 0 Å². The van der Waals surface area contributed by atoms with Crippen LogP contribution in [0.4, 0.5) is 0 Å². The van der Waals surface area contributed by atoms with Crippen LogP contribution < -0.4 is 0 Å². The molecule has 0 unspecified atom stereocenters. The highest BCUT2D eigenvalue weighted by Crippen LogP contribution is 2.06. The molecule has 3 heteroatoms. The van der Waals surface area contributed by atoms with E-state index in [1.54, 1.807) is 14.2 Å². The maximum atomic E-state index is 5.17. The minimum Gasteiger partial charge on any atom is -0.385 e. The Morgan fingerprint density at radius 2 is 2.00 bits per heavy atom. The molecule has 3 nitrogen and oxygen atoms in total. The molecule has 0 aromatic carbocycles. The average Bonchev–Trinajstić information content (AvgIpc) is 2.05. The van der Waals surface area contributed by atoms with Crippen LogP contribution in [-0.4, -0.2) is 34.0 Å². The van der Waals surface area contributed by atoms with E-state index in [1.165, 1.54) is 0 Å². The molecule has 0 aromatic heterocycles. The number of rotatable bonds is 7. The van der Waals surface area contributed by atoms with E-state index in [0.29, 0.717) is 13.2 Å². The average molecular weight is 161 g/mol. The monoisotopic (exact) mass is 161 g/mol. The fourth-order valence-corrected chi connectivity index (χ4v) is 0.665. The molecule has 0 aromatic rings. The third-order valence-electron chi connectivity index (χ3n) is 1.34. The van der Waals surface area contributed by atoms with Gasteiger partial charge in [-0.25, -0.2) is 0 Å². The second kappa shape index (κ2) is 7.98. The molecule has 0 fully saturated rings. The second-order valence-electron chi connectivity index (χ2n) is 2.12. The van der Waals surface area contributed by atoms with Gasteiger partial charge in [0.15, 0.2) is 0 Å². The van der Waals surface area contributed by atoms with Gasteiger partial charge in [0.2, 0.25) is 0 Å². The third-order valence-corrected chi connectivity index (χ3v) is 1.34. The molecule has 0 rings (SSSR count). The second-order valence-corrected chi connectivity index (χ2v) is 2.12. The standard InChI is InChI=1S/C8H17O3/c1-4-11-7-8(10-3)5-6-9-2/h4-7H2,1-3H3. The SMILES string of the molecule is CCOC[C](CCOC)OC. The Bertz CT molecular complexity index is 67.7. The molecule has 0 heterocycles. The molecule has 0 aliphatic rings. The first-order valence-corrected chi connectivity index (χ1v) is 3.80. The first-order valence-electron chi connectivity index (χ1n) is 3.80. The van der Waals surface area contributed by atoms with E-state index in [9.17, 15) is 0 Å². The third kappa shape index (κ3) is 6.28. The molecule has 0 atom stereocenters. The maximum absolute atomic E-state index is 5.17. The Labute approximate surface area is 68.6 Å². The first-order chi connectivity index (χ1) is 5.35. The highest BCUT2D eigenvalue weighted by Gasteiger charge is 2.07. The quantitative estimate of drug-likeness (QED) is 0.562. The minimum absolute atomic E-state index is 0.580. The smallest absolute Gasteiger partial charge is 0.124 e. The van der Waals surface area contributed by atoms with Crippen molar-refractivity contribution in [3.63, 3.8) is 0 Å². The lowest BCUT2D eigenvalue weighted by atomic mass is 10.3. The Hall–Kier alpha value is -0.120.